The summed E-state index contributed by atoms with van der Waals surface area (Å²) >= 11 is 1.73. The highest BCUT2D eigenvalue weighted by molar-refractivity contribution is 8.14. The standard InChI is InChI=1S/C19H21N3OS.C13H17FN2O.C2H7N.C2H6O4.C2H6/c1-13-7-8-16(9-10-24-14(2)20-13)19-17-11-15(12-23)5-3-4-6-18(17)21-22-19;14-11-6-2-1-5-10(11)9-16-8-4-3-7-12(16)13(15)17;1-3-2;1-6-2(3,4)5;1-2/h3,5,7-9,11-13H,4,6,10H2,1-2H3,(H,21,22);1-2,5-6,12H,3-4,7-9H2,(H2,15,17);3H,1-2H3;3-5H,1H3;1-2H3/b5-3-,8-7-,15-11+,16-9+,20-14?;;;;. The van der Waals surface area contributed by atoms with Crippen LogP contribution in [0.5, 0.6) is 0 Å². The maximum atomic E-state index is 13.5. The molecule has 14 heteroatoms. The van der Waals surface area contributed by atoms with Crippen molar-refractivity contribution < 1.29 is 34.0 Å². The fourth-order valence-corrected chi connectivity index (χ4v) is 5.89. The summed E-state index contributed by atoms with van der Waals surface area (Å²) in [6.07, 6.45) is 14.8. The molecule has 0 bridgehead atoms. The van der Waals surface area contributed by atoms with Gasteiger partial charge in [0.05, 0.1) is 22.8 Å². The number of hydrogen-bond donors (Lipinski definition) is 6. The number of aromatic nitrogens is 2. The Bertz CT molecular complexity index is 1530. The SMILES string of the molecule is CC.CC1=NC(C)/C=C\C(c2n[nH]c3c2/C=C(C=O)\C=C/CC3)=C/CS1.CNC.COC(O)(O)O.NC(=O)C1CCCCN1Cc1ccccc1F. The maximum absolute atomic E-state index is 13.5. The van der Waals surface area contributed by atoms with Gasteiger partial charge >= 0.3 is 6.16 Å². The van der Waals surface area contributed by atoms with Gasteiger partial charge in [-0.15, -0.1) is 11.8 Å². The molecule has 1 aliphatic carbocycles. The maximum Gasteiger partial charge on any atom is 0.404 e. The van der Waals surface area contributed by atoms with Crippen molar-refractivity contribution in [2.75, 3.05) is 33.5 Å². The smallest absolute Gasteiger partial charge is 0.368 e. The molecular formula is C38H57FN6O6S. The van der Waals surface area contributed by atoms with E-state index in [1.165, 1.54) is 6.07 Å². The number of hydrogen-bond acceptors (Lipinski definition) is 11. The molecule has 2 unspecified atom stereocenters. The first-order chi connectivity index (χ1) is 24.8. The summed E-state index contributed by atoms with van der Waals surface area (Å²) in [6, 6.07) is 6.56. The molecule has 7 N–H and O–H groups in total. The minimum atomic E-state index is -2.96. The molecule has 1 aromatic carbocycles. The zero-order valence-electron chi connectivity index (χ0n) is 31.4. The first-order valence-corrected chi connectivity index (χ1v) is 18.4. The van der Waals surface area contributed by atoms with Crippen LogP contribution in [0.3, 0.4) is 0 Å². The Hall–Kier alpha value is -3.76. The number of nitrogens with one attached hydrogen (secondary N) is 2. The number of thioether (sulfide) groups is 1. The molecular weight excluding hydrogens is 688 g/mol. The average molecular weight is 745 g/mol. The van der Waals surface area contributed by atoms with Crippen LogP contribution in [-0.4, -0.2) is 99.4 Å². The van der Waals surface area contributed by atoms with E-state index in [1.54, 1.807) is 23.9 Å². The number of aromatic amines is 1. The van der Waals surface area contributed by atoms with Crippen LogP contribution in [0.1, 0.15) is 75.9 Å². The summed E-state index contributed by atoms with van der Waals surface area (Å²) in [5.41, 5.74) is 10.8. The third-order valence-electron chi connectivity index (χ3n) is 7.56. The predicted octanol–water partition coefficient (Wildman–Crippen LogP) is 4.74. The summed E-state index contributed by atoms with van der Waals surface area (Å²) < 4.78 is 17.1. The number of aliphatic imine (C=N–C) groups is 1. The van der Waals surface area contributed by atoms with E-state index in [4.69, 9.17) is 21.1 Å². The van der Waals surface area contributed by atoms with Crippen LogP contribution in [0.25, 0.3) is 11.6 Å². The lowest BCUT2D eigenvalue weighted by Gasteiger charge is -2.33. The third-order valence-corrected chi connectivity index (χ3v) is 8.41. The Kier molecular flexibility index (Phi) is 22.5. The number of halogens is 1. The van der Waals surface area contributed by atoms with Crippen LogP contribution in [0.4, 0.5) is 4.39 Å². The third kappa shape index (κ3) is 17.2. The van der Waals surface area contributed by atoms with E-state index in [0.29, 0.717) is 17.7 Å². The van der Waals surface area contributed by atoms with Gasteiger partial charge in [0.1, 0.15) is 12.1 Å². The van der Waals surface area contributed by atoms with Crippen LogP contribution in [0.2, 0.25) is 0 Å². The molecule has 0 spiro atoms. The molecule has 0 saturated carbocycles. The topological polar surface area (TPSA) is 186 Å². The minimum absolute atomic E-state index is 0.142. The number of benzene rings is 1. The van der Waals surface area contributed by atoms with E-state index < -0.39 is 6.16 Å². The van der Waals surface area contributed by atoms with Gasteiger partial charge in [0, 0.05) is 41.8 Å². The van der Waals surface area contributed by atoms with Crippen molar-refractivity contribution in [2.45, 2.75) is 84.6 Å². The van der Waals surface area contributed by atoms with E-state index in [9.17, 15) is 14.0 Å². The Morgan fingerprint density at radius 1 is 1.21 bits per heavy atom. The fraction of sp³-hybridized carbons (Fsp3) is 0.474. The molecule has 0 radical (unpaired) electrons. The second-order valence-corrected chi connectivity index (χ2v) is 12.9. The molecule has 1 fully saturated rings. The van der Waals surface area contributed by atoms with Gasteiger partial charge in [-0.3, -0.25) is 24.6 Å². The number of aliphatic hydroxyl groups is 3. The predicted molar refractivity (Wildman–Crippen MR) is 209 cm³/mol. The number of nitrogens with zero attached hydrogens (tertiary/aromatic N) is 3. The number of amides is 1. The van der Waals surface area contributed by atoms with Crippen molar-refractivity contribution in [1.29, 1.82) is 0 Å². The molecule has 5 rings (SSSR count). The number of H-pyrrole nitrogens is 1. The molecule has 1 saturated heterocycles. The molecule has 1 aromatic heterocycles. The van der Waals surface area contributed by atoms with Crippen molar-refractivity contribution in [3.63, 3.8) is 0 Å². The quantitative estimate of drug-likeness (QED) is 0.178. The van der Waals surface area contributed by atoms with Crippen molar-refractivity contribution in [1.82, 2.24) is 20.4 Å². The van der Waals surface area contributed by atoms with Gasteiger partial charge in [0.15, 0.2) is 0 Å². The monoisotopic (exact) mass is 744 g/mol. The number of primary amides is 1. The summed E-state index contributed by atoms with van der Waals surface area (Å²) in [5.74, 6) is 0.329. The number of aryl methyl sites for hydroxylation is 1. The van der Waals surface area contributed by atoms with Gasteiger partial charge in [-0.2, -0.15) is 5.10 Å². The Morgan fingerprint density at radius 3 is 2.50 bits per heavy atom. The van der Waals surface area contributed by atoms with Crippen LogP contribution in [0.15, 0.2) is 65.2 Å². The highest BCUT2D eigenvalue weighted by atomic mass is 32.2. The minimum Gasteiger partial charge on any atom is -0.368 e. The van der Waals surface area contributed by atoms with E-state index in [0.717, 1.165) is 85.4 Å². The summed E-state index contributed by atoms with van der Waals surface area (Å²) in [6.45, 7) is 9.39. The number of allylic oxidation sites excluding steroid dienone is 5. The van der Waals surface area contributed by atoms with Gasteiger partial charge in [-0.1, -0.05) is 68.8 Å². The first-order valence-electron chi connectivity index (χ1n) is 17.4. The van der Waals surface area contributed by atoms with Crippen LogP contribution in [-0.2, 0) is 27.3 Å². The molecule has 12 nitrogen and oxygen atoms in total. The van der Waals surface area contributed by atoms with Crippen molar-refractivity contribution >= 4 is 40.6 Å². The largest absolute Gasteiger partial charge is 0.404 e. The number of piperidine rings is 1. The van der Waals surface area contributed by atoms with Crippen LogP contribution < -0.4 is 11.1 Å². The highest BCUT2D eigenvalue weighted by Gasteiger charge is 2.27. The highest BCUT2D eigenvalue weighted by Crippen LogP contribution is 2.27. The number of ether oxygens (including phenoxy) is 1. The molecule has 2 atom stereocenters. The van der Waals surface area contributed by atoms with E-state index in [2.05, 4.69) is 50.4 Å². The zero-order valence-corrected chi connectivity index (χ0v) is 32.3. The number of nitrogens with two attached hydrogens (primary N) is 1. The van der Waals surface area contributed by atoms with Gasteiger partial charge < -0.3 is 31.1 Å². The lowest BCUT2D eigenvalue weighted by Crippen LogP contribution is -2.47. The van der Waals surface area contributed by atoms with Gasteiger partial charge in [0.2, 0.25) is 5.91 Å². The number of fused-ring (bicyclic) bond motifs is 1. The lowest BCUT2D eigenvalue weighted by molar-refractivity contribution is -0.446. The molecule has 2 aromatic rings. The van der Waals surface area contributed by atoms with Gasteiger partial charge in [0.25, 0.3) is 0 Å². The van der Waals surface area contributed by atoms with E-state index >= 15 is 0 Å². The summed E-state index contributed by atoms with van der Waals surface area (Å²) in [7, 11) is 4.71. The van der Waals surface area contributed by atoms with Crippen LogP contribution in [0, 0.1) is 5.82 Å². The number of likely N-dealkylation sites (tertiary alicyclic amines) is 1. The Balaban J connectivity index is 0.000000419. The zero-order chi connectivity index (χ0) is 39.1. The van der Waals surface area contributed by atoms with Crippen molar-refractivity contribution in [3.05, 3.63) is 88.6 Å². The number of aldehydes is 1. The lowest BCUT2D eigenvalue weighted by atomic mass is 9.98. The van der Waals surface area contributed by atoms with Crippen molar-refractivity contribution in [3.8, 4) is 0 Å². The molecule has 3 heterocycles. The molecule has 1 amide bonds. The molecule has 52 heavy (non-hydrogen) atoms. The normalized spacial score (nSPS) is 21.9. The second-order valence-electron chi connectivity index (χ2n) is 11.6. The van der Waals surface area contributed by atoms with Gasteiger partial charge in [-0.25, -0.2) is 4.39 Å². The van der Waals surface area contributed by atoms with Gasteiger partial charge in [-0.05, 0) is 77.9 Å². The molecule has 288 valence electrons. The number of carbonyl (C=O) groups is 2. The van der Waals surface area contributed by atoms with Crippen LogP contribution >= 0.6 is 11.8 Å². The molecule has 2 aliphatic heterocycles. The van der Waals surface area contributed by atoms with E-state index in [1.807, 2.05) is 64.1 Å². The average Bonchev–Trinajstić information content (AvgIpc) is 3.52. The summed E-state index contributed by atoms with van der Waals surface area (Å²) in [5, 5.41) is 34.7. The Morgan fingerprint density at radius 2 is 1.88 bits per heavy atom. The summed E-state index contributed by atoms with van der Waals surface area (Å²) in [4.78, 5) is 29.2. The number of methoxy groups -OCH3 is 1. The van der Waals surface area contributed by atoms with E-state index in [-0.39, 0.29) is 23.8 Å². The fourth-order valence-electron chi connectivity index (χ4n) is 5.14. The number of rotatable bonds is 6. The first kappa shape index (κ1) is 46.3. The second kappa shape index (κ2) is 25.3. The Labute approximate surface area is 311 Å². The van der Waals surface area contributed by atoms with Crippen molar-refractivity contribution in [2.24, 2.45) is 10.7 Å². The number of carbonyl (C=O) groups excluding carboxylic acids is 2. The molecule has 3 aliphatic rings.